The summed E-state index contributed by atoms with van der Waals surface area (Å²) in [6.07, 6.45) is 1.67. The van der Waals surface area contributed by atoms with Crippen molar-refractivity contribution in [1.82, 2.24) is 14.8 Å². The molecule has 0 unspecified atom stereocenters. The van der Waals surface area contributed by atoms with Gasteiger partial charge < -0.3 is 24.6 Å². The van der Waals surface area contributed by atoms with Crippen LogP contribution in [0.4, 0.5) is 9.93 Å². The highest BCUT2D eigenvalue weighted by Gasteiger charge is 2.44. The standard InChI is InChI=1S/C17H24N4O4S/c1-12(22)18-15-19-14-13(26-15)10-25-11-17(14)2-4-20(5-3-17)16(23)21-6-8-24-9-7-21/h2-11H2,1H3,(H,18,19,22). The maximum Gasteiger partial charge on any atom is 0.320 e. The van der Waals surface area contributed by atoms with Gasteiger partial charge in [-0.05, 0) is 12.8 Å². The zero-order valence-corrected chi connectivity index (χ0v) is 15.8. The lowest BCUT2D eigenvalue weighted by atomic mass is 9.75. The zero-order valence-electron chi connectivity index (χ0n) is 15.0. The molecule has 0 aliphatic carbocycles. The smallest absolute Gasteiger partial charge is 0.320 e. The number of rotatable bonds is 1. The van der Waals surface area contributed by atoms with Crippen LogP contribution in [-0.4, -0.2) is 72.7 Å². The molecule has 0 saturated carbocycles. The lowest BCUT2D eigenvalue weighted by Crippen LogP contribution is -2.54. The molecule has 1 spiro atoms. The highest BCUT2D eigenvalue weighted by Crippen LogP contribution is 2.43. The molecule has 2 fully saturated rings. The number of likely N-dealkylation sites (tertiary alicyclic amines) is 1. The molecule has 3 aliphatic heterocycles. The van der Waals surface area contributed by atoms with E-state index in [4.69, 9.17) is 14.5 Å². The first-order valence-corrected chi connectivity index (χ1v) is 9.86. The number of hydrogen-bond donors (Lipinski definition) is 1. The maximum atomic E-state index is 12.7. The Labute approximate surface area is 156 Å². The van der Waals surface area contributed by atoms with Gasteiger partial charge in [-0.25, -0.2) is 9.78 Å². The number of carbonyl (C=O) groups excluding carboxylic acids is 2. The topological polar surface area (TPSA) is 84.0 Å². The van der Waals surface area contributed by atoms with Gasteiger partial charge in [0.15, 0.2) is 5.13 Å². The van der Waals surface area contributed by atoms with Crippen LogP contribution in [0.25, 0.3) is 0 Å². The number of morpholine rings is 1. The number of urea groups is 1. The first-order chi connectivity index (χ1) is 12.6. The van der Waals surface area contributed by atoms with Crippen LogP contribution in [0.3, 0.4) is 0 Å². The van der Waals surface area contributed by atoms with Gasteiger partial charge in [-0.2, -0.15) is 0 Å². The number of nitrogens with one attached hydrogen (secondary N) is 1. The van der Waals surface area contributed by atoms with Gasteiger partial charge in [0.1, 0.15) is 0 Å². The van der Waals surface area contributed by atoms with Crippen LogP contribution in [0.2, 0.25) is 0 Å². The molecule has 9 heteroatoms. The summed E-state index contributed by atoms with van der Waals surface area (Å²) in [7, 11) is 0. The molecule has 0 bridgehead atoms. The highest BCUT2D eigenvalue weighted by atomic mass is 32.1. The summed E-state index contributed by atoms with van der Waals surface area (Å²) in [5.41, 5.74) is 0.902. The molecule has 1 aromatic rings. The van der Waals surface area contributed by atoms with Gasteiger partial charge >= 0.3 is 6.03 Å². The highest BCUT2D eigenvalue weighted by molar-refractivity contribution is 7.15. The number of nitrogens with zero attached hydrogens (tertiary/aromatic N) is 3. The van der Waals surface area contributed by atoms with Crippen molar-refractivity contribution in [3.8, 4) is 0 Å². The Morgan fingerprint density at radius 2 is 1.81 bits per heavy atom. The van der Waals surface area contributed by atoms with Crippen LogP contribution in [0.15, 0.2) is 0 Å². The summed E-state index contributed by atoms with van der Waals surface area (Å²) in [5, 5.41) is 3.42. The van der Waals surface area contributed by atoms with E-state index in [9.17, 15) is 9.59 Å². The number of ether oxygens (including phenoxy) is 2. The average molecular weight is 380 g/mol. The first-order valence-electron chi connectivity index (χ1n) is 9.04. The van der Waals surface area contributed by atoms with Crippen LogP contribution in [0.5, 0.6) is 0 Å². The molecule has 0 atom stereocenters. The molecule has 142 valence electrons. The molecule has 3 aliphatic rings. The summed E-state index contributed by atoms with van der Waals surface area (Å²) in [5.74, 6) is -0.114. The van der Waals surface area contributed by atoms with E-state index in [0.29, 0.717) is 57.7 Å². The predicted octanol–water partition coefficient (Wildman–Crippen LogP) is 1.42. The Morgan fingerprint density at radius 1 is 1.12 bits per heavy atom. The Balaban J connectivity index is 1.46. The van der Waals surface area contributed by atoms with Gasteiger partial charge in [-0.3, -0.25) is 4.79 Å². The Kier molecular flexibility index (Phi) is 4.85. The van der Waals surface area contributed by atoms with E-state index in [2.05, 4.69) is 5.32 Å². The minimum Gasteiger partial charge on any atom is -0.378 e. The number of anilines is 1. The summed E-state index contributed by atoms with van der Waals surface area (Å²) in [6, 6.07) is 0.109. The molecule has 1 N–H and O–H groups in total. The van der Waals surface area contributed by atoms with Gasteiger partial charge in [0.05, 0.1) is 37.0 Å². The second-order valence-electron chi connectivity index (χ2n) is 7.11. The van der Waals surface area contributed by atoms with E-state index in [1.165, 1.54) is 18.3 Å². The van der Waals surface area contributed by atoms with Crippen molar-refractivity contribution >= 4 is 28.4 Å². The quantitative estimate of drug-likeness (QED) is 0.797. The van der Waals surface area contributed by atoms with Crippen LogP contribution < -0.4 is 5.32 Å². The fourth-order valence-corrected chi connectivity index (χ4v) is 5.00. The zero-order chi connectivity index (χ0) is 18.1. The molecule has 8 nitrogen and oxygen atoms in total. The molecule has 26 heavy (non-hydrogen) atoms. The predicted molar refractivity (Wildman–Crippen MR) is 96.3 cm³/mol. The summed E-state index contributed by atoms with van der Waals surface area (Å²) < 4.78 is 11.2. The molecular formula is C17H24N4O4S. The third kappa shape index (κ3) is 3.30. The van der Waals surface area contributed by atoms with E-state index in [1.807, 2.05) is 9.80 Å². The molecule has 0 aromatic carbocycles. The first kappa shape index (κ1) is 17.7. The van der Waals surface area contributed by atoms with Crippen LogP contribution in [0, 0.1) is 0 Å². The lowest BCUT2D eigenvalue weighted by molar-refractivity contribution is -0.114. The number of aromatic nitrogens is 1. The van der Waals surface area contributed by atoms with E-state index in [-0.39, 0.29) is 17.4 Å². The van der Waals surface area contributed by atoms with Crippen LogP contribution in [-0.2, 0) is 26.3 Å². The van der Waals surface area contributed by atoms with Crippen LogP contribution in [0.1, 0.15) is 30.3 Å². The molecule has 4 rings (SSSR count). The van der Waals surface area contributed by atoms with Crippen molar-refractivity contribution in [2.45, 2.75) is 31.8 Å². The van der Waals surface area contributed by atoms with Crippen molar-refractivity contribution in [3.05, 3.63) is 10.6 Å². The molecule has 2 saturated heterocycles. The Hall–Kier alpha value is -1.71. The van der Waals surface area contributed by atoms with Crippen molar-refractivity contribution in [2.24, 2.45) is 0 Å². The van der Waals surface area contributed by atoms with Gasteiger partial charge in [0.2, 0.25) is 5.91 Å². The second kappa shape index (κ2) is 7.13. The van der Waals surface area contributed by atoms with Gasteiger partial charge in [-0.15, -0.1) is 0 Å². The minimum absolute atomic E-state index is 0.109. The summed E-state index contributed by atoms with van der Waals surface area (Å²) in [6.45, 7) is 6.63. The number of fused-ring (bicyclic) bond motifs is 2. The normalized spacial score (nSPS) is 22.2. The second-order valence-corrected chi connectivity index (χ2v) is 8.20. The Bertz CT molecular complexity index is 693. The summed E-state index contributed by atoms with van der Waals surface area (Å²) in [4.78, 5) is 33.6. The van der Waals surface area contributed by atoms with Crippen molar-refractivity contribution < 1.29 is 19.1 Å². The third-order valence-electron chi connectivity index (χ3n) is 5.37. The average Bonchev–Trinajstić information content (AvgIpc) is 3.06. The van der Waals surface area contributed by atoms with Crippen LogP contribution >= 0.6 is 11.3 Å². The van der Waals surface area contributed by atoms with Gasteiger partial charge in [0, 0.05) is 38.5 Å². The monoisotopic (exact) mass is 380 g/mol. The van der Waals surface area contributed by atoms with Crippen molar-refractivity contribution in [1.29, 1.82) is 0 Å². The number of piperidine rings is 1. The molecule has 0 radical (unpaired) electrons. The maximum absolute atomic E-state index is 12.7. The number of hydrogen-bond acceptors (Lipinski definition) is 6. The molecule has 1 aromatic heterocycles. The Morgan fingerprint density at radius 3 is 2.50 bits per heavy atom. The number of carbonyl (C=O) groups is 2. The summed E-state index contributed by atoms with van der Waals surface area (Å²) >= 11 is 1.49. The fraction of sp³-hybridized carbons (Fsp3) is 0.706. The van der Waals surface area contributed by atoms with Crippen molar-refractivity contribution in [2.75, 3.05) is 51.3 Å². The SMILES string of the molecule is CC(=O)Nc1nc2c(s1)COCC21CCN(C(=O)N2CCOCC2)CC1. The van der Waals surface area contributed by atoms with E-state index < -0.39 is 0 Å². The lowest BCUT2D eigenvalue weighted by Gasteiger charge is -2.44. The van der Waals surface area contributed by atoms with Gasteiger partial charge in [0.25, 0.3) is 0 Å². The van der Waals surface area contributed by atoms with Crippen molar-refractivity contribution in [3.63, 3.8) is 0 Å². The van der Waals surface area contributed by atoms with E-state index in [1.54, 1.807) is 0 Å². The largest absolute Gasteiger partial charge is 0.378 e. The number of thiazole rings is 1. The molecule has 4 heterocycles. The van der Waals surface area contributed by atoms with Gasteiger partial charge in [-0.1, -0.05) is 11.3 Å². The molecular weight excluding hydrogens is 356 g/mol. The number of amides is 3. The van der Waals surface area contributed by atoms with E-state index in [0.717, 1.165) is 23.4 Å². The third-order valence-corrected chi connectivity index (χ3v) is 6.31. The minimum atomic E-state index is -0.150. The molecule has 3 amide bonds. The fourth-order valence-electron chi connectivity index (χ4n) is 3.94. The van der Waals surface area contributed by atoms with E-state index >= 15 is 0 Å².